The van der Waals surface area contributed by atoms with Crippen molar-refractivity contribution in [3.63, 3.8) is 0 Å². The number of rotatable bonds is 3. The van der Waals surface area contributed by atoms with Gasteiger partial charge in [-0.25, -0.2) is 8.42 Å². The molecule has 110 valence electrons. The summed E-state index contributed by atoms with van der Waals surface area (Å²) >= 11 is 0. The first-order valence-corrected chi connectivity index (χ1v) is 8.19. The smallest absolute Gasteiger partial charge is 0.243 e. The lowest BCUT2D eigenvalue weighted by molar-refractivity contribution is -0.509. The van der Waals surface area contributed by atoms with E-state index in [0.717, 1.165) is 5.56 Å². The van der Waals surface area contributed by atoms with Gasteiger partial charge in [-0.3, -0.25) is 0 Å². The Kier molecular flexibility index (Phi) is 3.36. The van der Waals surface area contributed by atoms with Gasteiger partial charge in [0.2, 0.25) is 10.0 Å². The van der Waals surface area contributed by atoms with Crippen molar-refractivity contribution in [2.45, 2.75) is 17.4 Å². The van der Waals surface area contributed by atoms with Crippen molar-refractivity contribution >= 4 is 10.0 Å². The van der Waals surface area contributed by atoms with Crippen LogP contribution in [0.5, 0.6) is 0 Å². The molecular formula is C16H16NO3S-. The minimum Gasteiger partial charge on any atom is -0.844 e. The Bertz CT molecular complexity index is 733. The van der Waals surface area contributed by atoms with E-state index in [1.807, 2.05) is 13.0 Å². The molecule has 0 aliphatic carbocycles. The number of nitrogens with zero attached hydrogens (tertiary/aromatic N) is 1. The van der Waals surface area contributed by atoms with Gasteiger partial charge in [0.25, 0.3) is 0 Å². The summed E-state index contributed by atoms with van der Waals surface area (Å²) in [5.41, 5.74) is 0.305. The monoisotopic (exact) mass is 302 g/mol. The molecule has 1 fully saturated rings. The lowest BCUT2D eigenvalue weighted by Crippen LogP contribution is -2.67. The van der Waals surface area contributed by atoms with Crippen LogP contribution in [0.1, 0.15) is 11.1 Å². The summed E-state index contributed by atoms with van der Waals surface area (Å²) in [6.45, 7) is 1.86. The lowest BCUT2D eigenvalue weighted by Gasteiger charge is -2.55. The number of benzene rings is 2. The second-order valence-corrected chi connectivity index (χ2v) is 7.38. The van der Waals surface area contributed by atoms with Crippen molar-refractivity contribution in [3.05, 3.63) is 65.7 Å². The zero-order chi connectivity index (χ0) is 15.1. The summed E-state index contributed by atoms with van der Waals surface area (Å²) in [6, 6.07) is 15.6. The Morgan fingerprint density at radius 1 is 1.00 bits per heavy atom. The normalized spacial score (nSPS) is 18.2. The van der Waals surface area contributed by atoms with Crippen molar-refractivity contribution in [1.82, 2.24) is 4.31 Å². The predicted octanol–water partition coefficient (Wildman–Crippen LogP) is 1.26. The van der Waals surface area contributed by atoms with Crippen LogP contribution < -0.4 is 5.11 Å². The van der Waals surface area contributed by atoms with Crippen molar-refractivity contribution in [2.24, 2.45) is 0 Å². The van der Waals surface area contributed by atoms with E-state index in [1.54, 1.807) is 48.5 Å². The molecule has 21 heavy (non-hydrogen) atoms. The summed E-state index contributed by atoms with van der Waals surface area (Å²) in [4.78, 5) is 0.239. The molecular weight excluding hydrogens is 286 g/mol. The van der Waals surface area contributed by atoms with Gasteiger partial charge >= 0.3 is 0 Å². The zero-order valence-electron chi connectivity index (χ0n) is 11.7. The maximum absolute atomic E-state index is 12.6. The first-order chi connectivity index (χ1) is 9.92. The van der Waals surface area contributed by atoms with E-state index >= 15 is 0 Å². The van der Waals surface area contributed by atoms with Gasteiger partial charge in [0.1, 0.15) is 0 Å². The molecule has 0 radical (unpaired) electrons. The Morgan fingerprint density at radius 2 is 1.57 bits per heavy atom. The molecule has 0 N–H and O–H groups in total. The van der Waals surface area contributed by atoms with E-state index in [9.17, 15) is 13.5 Å². The van der Waals surface area contributed by atoms with Crippen LogP contribution in [0.15, 0.2) is 59.5 Å². The Hall–Kier alpha value is -1.69. The molecule has 0 spiro atoms. The molecule has 0 aromatic heterocycles. The summed E-state index contributed by atoms with van der Waals surface area (Å²) in [6.07, 6.45) is 0. The second-order valence-electron chi connectivity index (χ2n) is 5.45. The molecule has 1 saturated heterocycles. The van der Waals surface area contributed by atoms with E-state index in [4.69, 9.17) is 0 Å². The quantitative estimate of drug-likeness (QED) is 0.857. The fourth-order valence-electron chi connectivity index (χ4n) is 2.48. The number of hydrogen-bond acceptors (Lipinski definition) is 3. The third-order valence-corrected chi connectivity index (χ3v) is 5.63. The highest BCUT2D eigenvalue weighted by Crippen LogP contribution is 2.33. The maximum atomic E-state index is 12.6. The van der Waals surface area contributed by atoms with Gasteiger partial charge < -0.3 is 5.11 Å². The molecule has 1 aliphatic heterocycles. The number of sulfonamides is 1. The molecule has 2 aromatic carbocycles. The topological polar surface area (TPSA) is 60.4 Å². The van der Waals surface area contributed by atoms with Crippen molar-refractivity contribution in [2.75, 3.05) is 13.1 Å². The van der Waals surface area contributed by atoms with E-state index < -0.39 is 15.6 Å². The van der Waals surface area contributed by atoms with Gasteiger partial charge in [-0.2, -0.15) is 4.31 Å². The fraction of sp³-hybridized carbons (Fsp3) is 0.250. The van der Waals surface area contributed by atoms with Gasteiger partial charge in [-0.05, 0) is 19.1 Å². The number of hydrogen-bond donors (Lipinski definition) is 0. The molecule has 2 aromatic rings. The van der Waals surface area contributed by atoms with Crippen LogP contribution in [-0.4, -0.2) is 25.8 Å². The third kappa shape index (κ3) is 2.48. The first-order valence-electron chi connectivity index (χ1n) is 6.75. The van der Waals surface area contributed by atoms with Crippen LogP contribution >= 0.6 is 0 Å². The van der Waals surface area contributed by atoms with Crippen LogP contribution in [0.4, 0.5) is 0 Å². The van der Waals surface area contributed by atoms with Gasteiger partial charge in [0, 0.05) is 13.1 Å². The SMILES string of the molecule is Cc1ccc(S(=O)(=O)N2CC([O-])(c3ccccc3)C2)cc1. The van der Waals surface area contributed by atoms with Crippen LogP contribution in [0.2, 0.25) is 0 Å². The van der Waals surface area contributed by atoms with Gasteiger partial charge in [-0.15, -0.1) is 0 Å². The van der Waals surface area contributed by atoms with E-state index in [-0.39, 0.29) is 18.0 Å². The molecule has 0 unspecified atom stereocenters. The molecule has 1 heterocycles. The second kappa shape index (κ2) is 4.94. The Balaban J connectivity index is 1.81. The fourth-order valence-corrected chi connectivity index (χ4v) is 4.01. The van der Waals surface area contributed by atoms with Crippen LogP contribution in [0.25, 0.3) is 0 Å². The summed E-state index contributed by atoms with van der Waals surface area (Å²) < 4.78 is 26.1. The van der Waals surface area contributed by atoms with E-state index in [2.05, 4.69) is 0 Å². The summed E-state index contributed by atoms with van der Waals surface area (Å²) in [5, 5.41) is 12.6. The highest BCUT2D eigenvalue weighted by molar-refractivity contribution is 7.89. The number of aryl methyl sites for hydroxylation is 1. The largest absolute Gasteiger partial charge is 0.844 e. The van der Waals surface area contributed by atoms with Crippen molar-refractivity contribution < 1.29 is 13.5 Å². The van der Waals surface area contributed by atoms with Crippen molar-refractivity contribution in [1.29, 1.82) is 0 Å². The van der Waals surface area contributed by atoms with Gasteiger partial charge in [0.15, 0.2) is 0 Å². The molecule has 4 nitrogen and oxygen atoms in total. The highest BCUT2D eigenvalue weighted by atomic mass is 32.2. The van der Waals surface area contributed by atoms with Gasteiger partial charge in [-0.1, -0.05) is 59.2 Å². The predicted molar refractivity (Wildman–Crippen MR) is 78.1 cm³/mol. The molecule has 5 heteroatoms. The van der Waals surface area contributed by atoms with Crippen LogP contribution in [0, 0.1) is 6.92 Å². The van der Waals surface area contributed by atoms with Crippen LogP contribution in [0.3, 0.4) is 0 Å². The average Bonchev–Trinajstić information content (AvgIpc) is 2.45. The minimum absolute atomic E-state index is 0.0206. The van der Waals surface area contributed by atoms with Gasteiger partial charge in [0.05, 0.1) is 4.90 Å². The van der Waals surface area contributed by atoms with E-state index in [0.29, 0.717) is 5.56 Å². The minimum atomic E-state index is -3.56. The average molecular weight is 302 g/mol. The zero-order valence-corrected chi connectivity index (χ0v) is 12.5. The summed E-state index contributed by atoms with van der Waals surface area (Å²) in [5.74, 6) is 0. The standard InChI is InChI=1S/C16H16NO3S/c1-13-7-9-15(10-8-13)21(19,20)17-11-16(18,12-17)14-5-3-2-4-6-14/h2-10H,11-12H2,1H3/q-1. The third-order valence-electron chi connectivity index (χ3n) is 3.82. The van der Waals surface area contributed by atoms with Crippen LogP contribution in [-0.2, 0) is 15.6 Å². The summed E-state index contributed by atoms with van der Waals surface area (Å²) in [7, 11) is -3.56. The molecule has 0 bridgehead atoms. The molecule has 3 rings (SSSR count). The molecule has 0 amide bonds. The molecule has 1 aliphatic rings. The lowest BCUT2D eigenvalue weighted by atomic mass is 9.88. The maximum Gasteiger partial charge on any atom is 0.243 e. The molecule has 0 saturated carbocycles. The Morgan fingerprint density at radius 3 is 2.14 bits per heavy atom. The highest BCUT2D eigenvalue weighted by Gasteiger charge is 2.41. The first kappa shape index (κ1) is 14.3. The molecule has 0 atom stereocenters. The van der Waals surface area contributed by atoms with Crippen molar-refractivity contribution in [3.8, 4) is 0 Å². The van der Waals surface area contributed by atoms with E-state index in [1.165, 1.54) is 4.31 Å². The Labute approximate surface area is 124 Å².